The van der Waals surface area contributed by atoms with Gasteiger partial charge in [-0.25, -0.2) is 5.10 Å². The number of carbonyl (C=O) groups excluding carboxylic acids is 1. The Bertz CT molecular complexity index is 719. The fourth-order valence-electron chi connectivity index (χ4n) is 1.49. The normalized spacial score (nSPS) is 9.76. The highest BCUT2D eigenvalue weighted by Gasteiger charge is 2.07. The first-order valence-corrected chi connectivity index (χ1v) is 7.08. The topological polar surface area (TPSA) is 95.1 Å². The summed E-state index contributed by atoms with van der Waals surface area (Å²) >= 11 is 1.49. The summed E-state index contributed by atoms with van der Waals surface area (Å²) in [6.07, 6.45) is 0.444. The fraction of sp³-hybridized carbons (Fsp3) is 0.214. The van der Waals surface area contributed by atoms with Crippen LogP contribution in [0.25, 0.3) is 0 Å². The smallest absolute Gasteiger partial charge is 0.272 e. The predicted molar refractivity (Wildman–Crippen MR) is 78.9 cm³/mol. The largest absolute Gasteiger partial charge is 0.395 e. The Hall–Kier alpha value is -2.43. The van der Waals surface area contributed by atoms with Gasteiger partial charge in [0.2, 0.25) is 0 Å². The molecule has 0 spiro atoms. The van der Waals surface area contributed by atoms with Gasteiger partial charge in [-0.3, -0.25) is 9.59 Å². The molecule has 21 heavy (non-hydrogen) atoms. The van der Waals surface area contributed by atoms with E-state index in [2.05, 4.69) is 27.4 Å². The zero-order valence-corrected chi connectivity index (χ0v) is 11.9. The first-order chi connectivity index (χ1) is 10.2. The maximum atomic E-state index is 11.8. The van der Waals surface area contributed by atoms with Gasteiger partial charge in [0.25, 0.3) is 11.5 Å². The number of amides is 1. The van der Waals surface area contributed by atoms with Crippen molar-refractivity contribution in [2.45, 2.75) is 13.0 Å². The van der Waals surface area contributed by atoms with Crippen LogP contribution in [0.4, 0.5) is 0 Å². The molecule has 0 saturated heterocycles. The quantitative estimate of drug-likeness (QED) is 0.717. The van der Waals surface area contributed by atoms with Crippen molar-refractivity contribution in [1.82, 2.24) is 15.5 Å². The van der Waals surface area contributed by atoms with Crippen LogP contribution in [0, 0.1) is 11.8 Å². The van der Waals surface area contributed by atoms with Crippen LogP contribution in [-0.2, 0) is 6.54 Å². The lowest BCUT2D eigenvalue weighted by molar-refractivity contribution is 0.0945. The lowest BCUT2D eigenvalue weighted by atomic mass is 10.3. The molecule has 0 saturated carbocycles. The van der Waals surface area contributed by atoms with Crippen LogP contribution in [0.15, 0.2) is 28.4 Å². The molecule has 0 radical (unpaired) electrons. The number of hydrogen-bond donors (Lipinski definition) is 3. The van der Waals surface area contributed by atoms with E-state index in [-0.39, 0.29) is 23.8 Å². The molecule has 0 aliphatic carbocycles. The molecule has 108 valence electrons. The Labute approximate surface area is 124 Å². The second-order valence-electron chi connectivity index (χ2n) is 4.07. The molecule has 0 bridgehead atoms. The average molecular weight is 303 g/mol. The van der Waals surface area contributed by atoms with Crippen LogP contribution in [0.1, 0.15) is 27.3 Å². The number of nitrogens with one attached hydrogen (secondary N) is 2. The van der Waals surface area contributed by atoms with Crippen LogP contribution in [0.3, 0.4) is 0 Å². The second-order valence-corrected chi connectivity index (χ2v) is 5.06. The predicted octanol–water partition coefficient (Wildman–Crippen LogP) is 0.495. The molecule has 0 aliphatic rings. The third-order valence-electron chi connectivity index (χ3n) is 2.46. The molecular weight excluding hydrogens is 290 g/mol. The van der Waals surface area contributed by atoms with Crippen molar-refractivity contribution in [3.05, 3.63) is 50.1 Å². The van der Waals surface area contributed by atoms with Crippen molar-refractivity contribution in [2.24, 2.45) is 0 Å². The van der Waals surface area contributed by atoms with Crippen molar-refractivity contribution in [1.29, 1.82) is 0 Å². The maximum Gasteiger partial charge on any atom is 0.272 e. The minimum Gasteiger partial charge on any atom is -0.395 e. The summed E-state index contributed by atoms with van der Waals surface area (Å²) in [5.41, 5.74) is 0.671. The highest BCUT2D eigenvalue weighted by atomic mass is 32.1. The molecular formula is C14H13N3O3S. The Morgan fingerprint density at radius 3 is 3.05 bits per heavy atom. The maximum absolute atomic E-state index is 11.8. The van der Waals surface area contributed by atoms with Crippen molar-refractivity contribution >= 4 is 17.2 Å². The molecule has 3 N–H and O–H groups in total. The minimum atomic E-state index is -0.354. The number of aromatic amines is 1. The van der Waals surface area contributed by atoms with Gasteiger partial charge in [0, 0.05) is 28.3 Å². The lowest BCUT2D eigenvalue weighted by Crippen LogP contribution is -2.24. The van der Waals surface area contributed by atoms with Crippen LogP contribution >= 0.6 is 11.3 Å². The zero-order valence-electron chi connectivity index (χ0n) is 11.0. The van der Waals surface area contributed by atoms with E-state index >= 15 is 0 Å². The van der Waals surface area contributed by atoms with Crippen molar-refractivity contribution in [2.75, 3.05) is 6.61 Å². The number of H-pyrrole nitrogens is 1. The van der Waals surface area contributed by atoms with E-state index in [1.165, 1.54) is 23.5 Å². The SMILES string of the molecule is O=C(NCc1cc(C#CCCO)cs1)c1ccc(=O)[nH]n1. The van der Waals surface area contributed by atoms with E-state index in [4.69, 9.17) is 5.11 Å². The van der Waals surface area contributed by atoms with E-state index in [9.17, 15) is 9.59 Å². The average Bonchev–Trinajstić information content (AvgIpc) is 2.94. The van der Waals surface area contributed by atoms with E-state index < -0.39 is 0 Å². The Balaban J connectivity index is 1.91. The molecule has 1 amide bonds. The summed E-state index contributed by atoms with van der Waals surface area (Å²) < 4.78 is 0. The monoisotopic (exact) mass is 303 g/mol. The first-order valence-electron chi connectivity index (χ1n) is 6.20. The van der Waals surface area contributed by atoms with Gasteiger partial charge in [-0.05, 0) is 12.1 Å². The molecule has 2 aromatic rings. The number of hydrogen-bond acceptors (Lipinski definition) is 5. The summed E-state index contributed by atoms with van der Waals surface area (Å²) in [6.45, 7) is 0.415. The number of carbonyl (C=O) groups is 1. The summed E-state index contributed by atoms with van der Waals surface area (Å²) in [4.78, 5) is 23.6. The van der Waals surface area contributed by atoms with Gasteiger partial charge < -0.3 is 10.4 Å². The zero-order chi connectivity index (χ0) is 15.1. The molecule has 2 aromatic heterocycles. The van der Waals surface area contributed by atoms with Gasteiger partial charge in [0.1, 0.15) is 5.69 Å². The van der Waals surface area contributed by atoms with Crippen LogP contribution < -0.4 is 10.9 Å². The summed E-state index contributed by atoms with van der Waals surface area (Å²) in [5.74, 6) is 5.41. The van der Waals surface area contributed by atoms with Crippen LogP contribution in [0.2, 0.25) is 0 Å². The Morgan fingerprint density at radius 1 is 1.48 bits per heavy atom. The van der Waals surface area contributed by atoms with Crippen LogP contribution in [-0.4, -0.2) is 27.8 Å². The molecule has 0 atom stereocenters. The highest BCUT2D eigenvalue weighted by molar-refractivity contribution is 7.10. The standard InChI is InChI=1S/C14H13N3O3S/c18-6-2-1-3-10-7-11(21-9-10)8-15-14(20)12-4-5-13(19)17-16-12/h4-5,7,9,18H,2,6,8H2,(H,15,20)(H,17,19). The lowest BCUT2D eigenvalue weighted by Gasteiger charge is -2.01. The van der Waals surface area contributed by atoms with Crippen molar-refractivity contribution < 1.29 is 9.90 Å². The molecule has 7 heteroatoms. The molecule has 6 nitrogen and oxygen atoms in total. The highest BCUT2D eigenvalue weighted by Crippen LogP contribution is 2.13. The van der Waals surface area contributed by atoms with E-state index in [0.29, 0.717) is 13.0 Å². The van der Waals surface area contributed by atoms with Gasteiger partial charge >= 0.3 is 0 Å². The number of aromatic nitrogens is 2. The van der Waals surface area contributed by atoms with Gasteiger partial charge in [-0.2, -0.15) is 5.10 Å². The minimum absolute atomic E-state index is 0.0478. The molecule has 2 rings (SSSR count). The molecule has 2 heterocycles. The third kappa shape index (κ3) is 4.56. The molecule has 0 unspecified atom stereocenters. The van der Waals surface area contributed by atoms with E-state index in [0.717, 1.165) is 10.4 Å². The molecule has 0 aliphatic heterocycles. The number of nitrogens with zero attached hydrogens (tertiary/aromatic N) is 1. The first kappa shape index (κ1) is 15.0. The van der Waals surface area contributed by atoms with E-state index in [1.807, 2.05) is 11.4 Å². The number of aliphatic hydroxyl groups excluding tert-OH is 1. The van der Waals surface area contributed by atoms with Crippen LogP contribution in [0.5, 0.6) is 0 Å². The third-order valence-corrected chi connectivity index (χ3v) is 3.39. The van der Waals surface area contributed by atoms with Crippen molar-refractivity contribution in [3.63, 3.8) is 0 Å². The summed E-state index contributed by atoms with van der Waals surface area (Å²) in [7, 11) is 0. The Kier molecular flexibility index (Phi) is 5.26. The number of rotatable bonds is 4. The van der Waals surface area contributed by atoms with E-state index in [1.54, 1.807) is 0 Å². The van der Waals surface area contributed by atoms with Gasteiger partial charge in [-0.1, -0.05) is 11.8 Å². The fourth-order valence-corrected chi connectivity index (χ4v) is 2.24. The summed E-state index contributed by atoms with van der Waals surface area (Å²) in [6, 6.07) is 4.51. The molecule has 0 aromatic carbocycles. The van der Waals surface area contributed by atoms with Gasteiger partial charge in [-0.15, -0.1) is 11.3 Å². The number of thiophene rings is 1. The summed E-state index contributed by atoms with van der Waals surface area (Å²) in [5, 5.41) is 19.1. The number of aliphatic hydroxyl groups is 1. The van der Waals surface area contributed by atoms with Crippen molar-refractivity contribution in [3.8, 4) is 11.8 Å². The Morgan fingerprint density at radius 2 is 2.33 bits per heavy atom. The van der Waals surface area contributed by atoms with Gasteiger partial charge in [0.15, 0.2) is 0 Å². The second kappa shape index (κ2) is 7.38. The molecule has 0 fully saturated rings. The van der Waals surface area contributed by atoms with Gasteiger partial charge in [0.05, 0.1) is 13.2 Å².